The molecule has 3 rings (SSSR count). The molecule has 0 aliphatic heterocycles. The Kier molecular flexibility index (Phi) is 7.67. The zero-order chi connectivity index (χ0) is 21.6. The van der Waals surface area contributed by atoms with E-state index in [1.165, 1.54) is 18.1 Å². The van der Waals surface area contributed by atoms with Crippen LogP contribution >= 0.6 is 0 Å². The minimum Gasteiger partial charge on any atom is -0.349 e. The van der Waals surface area contributed by atoms with Crippen molar-refractivity contribution in [3.8, 4) is 0 Å². The first-order valence-electron chi connectivity index (χ1n) is 10.8. The molecule has 30 heavy (non-hydrogen) atoms. The monoisotopic (exact) mass is 428 g/mol. The lowest BCUT2D eigenvalue weighted by Crippen LogP contribution is -2.37. The molecule has 0 bridgehead atoms. The molecular formula is C24H32N2O3S. The lowest BCUT2D eigenvalue weighted by atomic mass is 9.95. The van der Waals surface area contributed by atoms with Gasteiger partial charge in [0.1, 0.15) is 0 Å². The summed E-state index contributed by atoms with van der Waals surface area (Å²) in [5.41, 5.74) is 2.39. The Morgan fingerprint density at radius 2 is 1.77 bits per heavy atom. The van der Waals surface area contributed by atoms with Gasteiger partial charge in [-0.15, -0.1) is 0 Å². The van der Waals surface area contributed by atoms with Gasteiger partial charge in [-0.25, -0.2) is 13.1 Å². The predicted molar refractivity (Wildman–Crippen MR) is 120 cm³/mol. The molecule has 2 aromatic carbocycles. The molecule has 2 aromatic rings. The Morgan fingerprint density at radius 3 is 2.47 bits per heavy atom. The molecule has 0 spiro atoms. The molecule has 162 valence electrons. The van der Waals surface area contributed by atoms with Gasteiger partial charge in [0, 0.05) is 17.6 Å². The van der Waals surface area contributed by atoms with Crippen LogP contribution in [0, 0.1) is 6.92 Å². The van der Waals surface area contributed by atoms with Crippen molar-refractivity contribution in [3.05, 3.63) is 65.2 Å². The Bertz CT molecular complexity index is 952. The third-order valence-corrected chi connectivity index (χ3v) is 7.36. The molecule has 6 heteroatoms. The van der Waals surface area contributed by atoms with E-state index >= 15 is 0 Å². The van der Waals surface area contributed by atoms with Crippen LogP contribution in [-0.2, 0) is 16.4 Å². The zero-order valence-corrected chi connectivity index (χ0v) is 18.7. The fourth-order valence-corrected chi connectivity index (χ4v) is 5.25. The zero-order valence-electron chi connectivity index (χ0n) is 17.9. The Hall–Kier alpha value is -2.18. The van der Waals surface area contributed by atoms with E-state index in [2.05, 4.69) is 10.0 Å². The first-order valence-corrected chi connectivity index (χ1v) is 12.3. The molecule has 1 saturated carbocycles. The summed E-state index contributed by atoms with van der Waals surface area (Å²) in [6.07, 6.45) is 6.95. The van der Waals surface area contributed by atoms with Crippen LogP contribution in [0.2, 0.25) is 0 Å². The van der Waals surface area contributed by atoms with Crippen LogP contribution in [0.5, 0.6) is 0 Å². The first kappa shape index (κ1) is 22.5. The van der Waals surface area contributed by atoms with Gasteiger partial charge in [0.25, 0.3) is 5.91 Å². The average molecular weight is 429 g/mol. The number of carbonyl (C=O) groups excluding carboxylic acids is 1. The third-order valence-electron chi connectivity index (χ3n) is 5.77. The normalized spacial score (nSPS) is 16.2. The maximum atomic E-state index is 12.9. The second kappa shape index (κ2) is 10.2. The average Bonchev–Trinajstić information content (AvgIpc) is 2.73. The van der Waals surface area contributed by atoms with E-state index in [9.17, 15) is 13.2 Å². The summed E-state index contributed by atoms with van der Waals surface area (Å²) in [6.45, 7) is 3.70. The van der Waals surface area contributed by atoms with Crippen molar-refractivity contribution < 1.29 is 13.2 Å². The highest BCUT2D eigenvalue weighted by Gasteiger charge is 2.22. The summed E-state index contributed by atoms with van der Waals surface area (Å²) in [4.78, 5) is 12.9. The van der Waals surface area contributed by atoms with Crippen molar-refractivity contribution in [2.24, 2.45) is 0 Å². The minimum absolute atomic E-state index is 0.133. The molecule has 1 fully saturated rings. The highest BCUT2D eigenvalue weighted by molar-refractivity contribution is 7.89. The second-order valence-electron chi connectivity index (χ2n) is 8.33. The predicted octanol–water partition coefficient (Wildman–Crippen LogP) is 4.36. The fraction of sp³-hybridized carbons (Fsp3) is 0.458. The number of sulfonamides is 1. The first-order chi connectivity index (χ1) is 14.3. The molecule has 0 saturated heterocycles. The lowest BCUT2D eigenvalue weighted by molar-refractivity contribution is 0.0927. The van der Waals surface area contributed by atoms with Gasteiger partial charge >= 0.3 is 0 Å². The van der Waals surface area contributed by atoms with Crippen molar-refractivity contribution in [2.75, 3.05) is 0 Å². The number of hydrogen-bond donors (Lipinski definition) is 2. The Morgan fingerprint density at radius 1 is 1.07 bits per heavy atom. The molecule has 1 aliphatic carbocycles. The molecular weight excluding hydrogens is 396 g/mol. The van der Waals surface area contributed by atoms with Crippen molar-refractivity contribution >= 4 is 15.9 Å². The molecule has 1 amide bonds. The molecule has 0 radical (unpaired) electrons. The summed E-state index contributed by atoms with van der Waals surface area (Å²) in [5.74, 6) is -0.187. The van der Waals surface area contributed by atoms with Crippen molar-refractivity contribution in [1.82, 2.24) is 10.0 Å². The molecule has 0 aromatic heterocycles. The number of carbonyl (C=O) groups is 1. The van der Waals surface area contributed by atoms with Gasteiger partial charge in [-0.3, -0.25) is 4.79 Å². The fourth-order valence-electron chi connectivity index (χ4n) is 3.94. The van der Waals surface area contributed by atoms with Gasteiger partial charge in [-0.1, -0.05) is 55.7 Å². The largest absolute Gasteiger partial charge is 0.349 e. The van der Waals surface area contributed by atoms with E-state index in [0.717, 1.165) is 37.7 Å². The van der Waals surface area contributed by atoms with Crippen molar-refractivity contribution in [2.45, 2.75) is 75.8 Å². The van der Waals surface area contributed by atoms with Gasteiger partial charge in [0.2, 0.25) is 10.0 Å². The van der Waals surface area contributed by atoms with Gasteiger partial charge in [0.05, 0.1) is 4.90 Å². The number of hydrogen-bond acceptors (Lipinski definition) is 3. The molecule has 1 atom stereocenters. The SMILES string of the molecule is Cc1ccc(S(=O)(=O)N[C@H](C)CCc2ccccc2)cc1C(=O)NC1CCCCC1. The topological polar surface area (TPSA) is 75.3 Å². The van der Waals surface area contributed by atoms with Crippen LogP contribution in [0.1, 0.15) is 66.9 Å². The summed E-state index contributed by atoms with van der Waals surface area (Å²) in [7, 11) is -3.70. The van der Waals surface area contributed by atoms with E-state index < -0.39 is 10.0 Å². The van der Waals surface area contributed by atoms with Crippen molar-refractivity contribution in [1.29, 1.82) is 0 Å². The Balaban J connectivity index is 1.66. The van der Waals surface area contributed by atoms with E-state index in [4.69, 9.17) is 0 Å². The summed E-state index contributed by atoms with van der Waals surface area (Å²) in [6, 6.07) is 14.8. The molecule has 1 aliphatic rings. The van der Waals surface area contributed by atoms with Crippen LogP contribution in [0.3, 0.4) is 0 Å². The van der Waals surface area contributed by atoms with Gasteiger partial charge in [-0.2, -0.15) is 0 Å². The van der Waals surface area contributed by atoms with E-state index in [1.807, 2.05) is 44.2 Å². The maximum absolute atomic E-state index is 12.9. The van der Waals surface area contributed by atoms with Gasteiger partial charge in [-0.05, 0) is 62.8 Å². The van der Waals surface area contributed by atoms with E-state index in [-0.39, 0.29) is 22.9 Å². The van der Waals surface area contributed by atoms with E-state index in [0.29, 0.717) is 12.0 Å². The number of aryl methyl sites for hydroxylation is 2. The standard InChI is InChI=1S/C24H32N2O3S/c1-18-13-16-22(17-23(18)24(27)25-21-11-7-4-8-12-21)30(28,29)26-19(2)14-15-20-9-5-3-6-10-20/h3,5-6,9-10,13,16-17,19,21,26H,4,7-8,11-12,14-15H2,1-2H3,(H,25,27)/t19-/m1/s1. The molecule has 5 nitrogen and oxygen atoms in total. The number of amides is 1. The molecule has 2 N–H and O–H groups in total. The summed E-state index contributed by atoms with van der Waals surface area (Å²) >= 11 is 0. The van der Waals surface area contributed by atoms with Crippen LogP contribution in [0.4, 0.5) is 0 Å². The quantitative estimate of drug-likeness (QED) is 0.656. The van der Waals surface area contributed by atoms with Crippen LogP contribution in [0.25, 0.3) is 0 Å². The number of benzene rings is 2. The number of rotatable bonds is 8. The van der Waals surface area contributed by atoms with Gasteiger partial charge < -0.3 is 5.32 Å². The third kappa shape index (κ3) is 6.16. The summed E-state index contributed by atoms with van der Waals surface area (Å²) in [5, 5.41) is 3.08. The minimum atomic E-state index is -3.70. The van der Waals surface area contributed by atoms with Crippen LogP contribution in [-0.4, -0.2) is 26.4 Å². The molecule has 0 unspecified atom stereocenters. The van der Waals surface area contributed by atoms with Crippen LogP contribution < -0.4 is 10.0 Å². The maximum Gasteiger partial charge on any atom is 0.251 e. The van der Waals surface area contributed by atoms with E-state index in [1.54, 1.807) is 12.1 Å². The van der Waals surface area contributed by atoms with Crippen LogP contribution in [0.15, 0.2) is 53.4 Å². The second-order valence-corrected chi connectivity index (χ2v) is 10.0. The lowest BCUT2D eigenvalue weighted by Gasteiger charge is -2.23. The number of nitrogens with one attached hydrogen (secondary N) is 2. The van der Waals surface area contributed by atoms with Gasteiger partial charge in [0.15, 0.2) is 0 Å². The smallest absolute Gasteiger partial charge is 0.251 e. The molecule has 0 heterocycles. The highest BCUT2D eigenvalue weighted by atomic mass is 32.2. The Labute approximate surface area is 180 Å². The highest BCUT2D eigenvalue weighted by Crippen LogP contribution is 2.20. The summed E-state index contributed by atoms with van der Waals surface area (Å²) < 4.78 is 28.5. The van der Waals surface area contributed by atoms with Crippen molar-refractivity contribution in [3.63, 3.8) is 0 Å².